The van der Waals surface area contributed by atoms with Crippen LogP contribution in [0.15, 0.2) is 16.7 Å². The average molecular weight is 342 g/mol. The van der Waals surface area contributed by atoms with Crippen LogP contribution in [0.5, 0.6) is 0 Å². The molecule has 20 heavy (non-hydrogen) atoms. The Morgan fingerprint density at radius 1 is 1.45 bits per heavy atom. The van der Waals surface area contributed by atoms with Crippen LogP contribution in [0.4, 0.5) is 5.82 Å². The van der Waals surface area contributed by atoms with Crippen LogP contribution in [0.25, 0.3) is 0 Å². The van der Waals surface area contributed by atoms with Crippen LogP contribution in [0.1, 0.15) is 24.2 Å². The summed E-state index contributed by atoms with van der Waals surface area (Å²) in [4.78, 5) is 20.9. The maximum absolute atomic E-state index is 12.7. The number of pyridine rings is 1. The molecular formula is C13H20BrN5O. The van der Waals surface area contributed by atoms with E-state index in [1.807, 2.05) is 4.90 Å². The minimum absolute atomic E-state index is 0.0430. The number of nitrogens with two attached hydrogens (primary N) is 1. The number of aromatic nitrogens is 1. The number of nitrogen functional groups attached to an aromatic ring is 1. The minimum atomic E-state index is -0.0430. The molecule has 2 atom stereocenters. The van der Waals surface area contributed by atoms with Crippen molar-refractivity contribution in [3.05, 3.63) is 22.3 Å². The first-order chi connectivity index (χ1) is 9.43. The second-order valence-corrected chi connectivity index (χ2v) is 6.18. The first kappa shape index (κ1) is 15.2. The maximum atomic E-state index is 12.7. The van der Waals surface area contributed by atoms with Gasteiger partial charge in [-0.1, -0.05) is 0 Å². The van der Waals surface area contributed by atoms with Crippen molar-refractivity contribution in [2.24, 2.45) is 5.84 Å². The van der Waals surface area contributed by atoms with Gasteiger partial charge in [-0.25, -0.2) is 10.8 Å². The standard InChI is InChI=1S/C13H20BrN5O/c1-8-6-19(7-9(2)18(8)3)13(20)11-4-10(14)5-16-12(11)17-15/h4-5,8-9H,6-7,15H2,1-3H3,(H,16,17). The number of hydrogen-bond donors (Lipinski definition) is 2. The van der Waals surface area contributed by atoms with Crippen LogP contribution < -0.4 is 11.3 Å². The predicted molar refractivity (Wildman–Crippen MR) is 82.3 cm³/mol. The number of hydrogen-bond acceptors (Lipinski definition) is 5. The van der Waals surface area contributed by atoms with Crippen molar-refractivity contribution in [1.29, 1.82) is 0 Å². The summed E-state index contributed by atoms with van der Waals surface area (Å²) in [5, 5.41) is 0. The molecule has 0 aromatic carbocycles. The second-order valence-electron chi connectivity index (χ2n) is 5.27. The highest BCUT2D eigenvalue weighted by atomic mass is 79.9. The molecule has 0 bridgehead atoms. The van der Waals surface area contributed by atoms with Gasteiger partial charge in [-0.3, -0.25) is 9.69 Å². The third-order valence-electron chi connectivity index (χ3n) is 3.87. The third kappa shape index (κ3) is 2.94. The van der Waals surface area contributed by atoms with E-state index in [9.17, 15) is 4.79 Å². The van der Waals surface area contributed by atoms with E-state index >= 15 is 0 Å². The van der Waals surface area contributed by atoms with Gasteiger partial charge in [-0.05, 0) is 42.9 Å². The summed E-state index contributed by atoms with van der Waals surface area (Å²) in [6.45, 7) is 5.65. The predicted octanol–water partition coefficient (Wildman–Crippen LogP) is 1.29. The number of nitrogens with one attached hydrogen (secondary N) is 1. The molecule has 0 radical (unpaired) electrons. The molecule has 2 unspecified atom stereocenters. The molecule has 2 heterocycles. The number of anilines is 1. The molecule has 6 nitrogen and oxygen atoms in total. The highest BCUT2D eigenvalue weighted by Gasteiger charge is 2.30. The summed E-state index contributed by atoms with van der Waals surface area (Å²) in [5.74, 6) is 5.80. The van der Waals surface area contributed by atoms with Crippen LogP contribution in [-0.4, -0.2) is 52.9 Å². The number of hydrazine groups is 1. The molecule has 1 aromatic rings. The molecule has 1 fully saturated rings. The Morgan fingerprint density at radius 3 is 2.60 bits per heavy atom. The first-order valence-electron chi connectivity index (χ1n) is 6.57. The van der Waals surface area contributed by atoms with Crippen LogP contribution in [-0.2, 0) is 0 Å². The third-order valence-corrected chi connectivity index (χ3v) is 4.30. The van der Waals surface area contributed by atoms with Gasteiger partial charge in [0, 0.05) is 35.8 Å². The fourth-order valence-electron chi connectivity index (χ4n) is 2.46. The lowest BCUT2D eigenvalue weighted by Gasteiger charge is -2.42. The molecule has 7 heteroatoms. The molecule has 0 saturated carbocycles. The molecule has 1 aliphatic rings. The van der Waals surface area contributed by atoms with Crippen LogP contribution in [0.3, 0.4) is 0 Å². The molecule has 1 aliphatic heterocycles. The van der Waals surface area contributed by atoms with E-state index in [2.05, 4.69) is 52.1 Å². The number of halogens is 1. The highest BCUT2D eigenvalue weighted by Crippen LogP contribution is 2.22. The van der Waals surface area contributed by atoms with Gasteiger partial charge in [0.2, 0.25) is 0 Å². The SMILES string of the molecule is CC1CN(C(=O)c2cc(Br)cnc2NN)CC(C)N1C. The first-order valence-corrected chi connectivity index (χ1v) is 7.36. The Balaban J connectivity index is 2.25. The summed E-state index contributed by atoms with van der Waals surface area (Å²) >= 11 is 3.34. The van der Waals surface area contributed by atoms with Gasteiger partial charge in [-0.2, -0.15) is 0 Å². The van der Waals surface area contributed by atoms with Gasteiger partial charge >= 0.3 is 0 Å². The van der Waals surface area contributed by atoms with Gasteiger partial charge in [0.05, 0.1) is 5.56 Å². The van der Waals surface area contributed by atoms with E-state index in [-0.39, 0.29) is 5.91 Å². The van der Waals surface area contributed by atoms with Gasteiger partial charge < -0.3 is 10.3 Å². The zero-order valence-corrected chi connectivity index (χ0v) is 13.5. The minimum Gasteiger partial charge on any atom is -0.335 e. The number of carbonyl (C=O) groups is 1. The fourth-order valence-corrected chi connectivity index (χ4v) is 2.79. The molecule has 1 saturated heterocycles. The Morgan fingerprint density at radius 2 is 2.05 bits per heavy atom. The smallest absolute Gasteiger partial charge is 0.257 e. The van der Waals surface area contributed by atoms with Crippen molar-refractivity contribution in [3.8, 4) is 0 Å². The zero-order valence-electron chi connectivity index (χ0n) is 11.9. The molecule has 110 valence electrons. The lowest BCUT2D eigenvalue weighted by atomic mass is 10.1. The monoisotopic (exact) mass is 341 g/mol. The molecule has 0 aliphatic carbocycles. The lowest BCUT2D eigenvalue weighted by molar-refractivity contribution is 0.0414. The summed E-state index contributed by atoms with van der Waals surface area (Å²) < 4.78 is 0.759. The van der Waals surface area contributed by atoms with Crippen molar-refractivity contribution in [2.75, 3.05) is 25.6 Å². The molecule has 1 aromatic heterocycles. The Hall–Kier alpha value is -1.18. The number of rotatable bonds is 2. The Bertz CT molecular complexity index is 498. The number of likely N-dealkylation sites (N-methyl/N-ethyl adjacent to an activating group) is 1. The largest absolute Gasteiger partial charge is 0.335 e. The van der Waals surface area contributed by atoms with Crippen LogP contribution in [0, 0.1) is 0 Å². The average Bonchev–Trinajstić information content (AvgIpc) is 2.43. The fraction of sp³-hybridized carbons (Fsp3) is 0.538. The van der Waals surface area contributed by atoms with E-state index in [1.165, 1.54) is 0 Å². The lowest BCUT2D eigenvalue weighted by Crippen LogP contribution is -2.56. The molecule has 1 amide bonds. The van der Waals surface area contributed by atoms with Gasteiger partial charge in [0.15, 0.2) is 5.82 Å². The Labute approximate surface area is 127 Å². The van der Waals surface area contributed by atoms with Crippen molar-refractivity contribution in [3.63, 3.8) is 0 Å². The van der Waals surface area contributed by atoms with Crippen molar-refractivity contribution >= 4 is 27.7 Å². The quantitative estimate of drug-likeness (QED) is 0.626. The number of carbonyl (C=O) groups excluding carboxylic acids is 1. The van der Waals surface area contributed by atoms with Crippen molar-refractivity contribution in [1.82, 2.24) is 14.8 Å². The maximum Gasteiger partial charge on any atom is 0.257 e. The zero-order chi connectivity index (χ0) is 14.9. The summed E-state index contributed by atoms with van der Waals surface area (Å²) in [5.41, 5.74) is 2.98. The van der Waals surface area contributed by atoms with Crippen LogP contribution >= 0.6 is 15.9 Å². The van der Waals surface area contributed by atoms with E-state index in [0.29, 0.717) is 36.6 Å². The van der Waals surface area contributed by atoms with Crippen LogP contribution in [0.2, 0.25) is 0 Å². The number of amides is 1. The Kier molecular flexibility index (Phi) is 4.62. The van der Waals surface area contributed by atoms with Gasteiger partial charge in [0.1, 0.15) is 0 Å². The van der Waals surface area contributed by atoms with E-state index in [0.717, 1.165) is 4.47 Å². The van der Waals surface area contributed by atoms with Crippen molar-refractivity contribution < 1.29 is 4.79 Å². The molecule has 0 spiro atoms. The second kappa shape index (κ2) is 6.07. The number of piperazine rings is 1. The summed E-state index contributed by atoms with van der Waals surface area (Å²) in [6.07, 6.45) is 1.61. The van der Waals surface area contributed by atoms with E-state index in [1.54, 1.807) is 12.3 Å². The van der Waals surface area contributed by atoms with Gasteiger partial charge in [0.25, 0.3) is 5.91 Å². The highest BCUT2D eigenvalue weighted by molar-refractivity contribution is 9.10. The summed E-state index contributed by atoms with van der Waals surface area (Å²) in [6, 6.07) is 2.41. The van der Waals surface area contributed by atoms with Gasteiger partial charge in [-0.15, -0.1) is 0 Å². The normalized spacial score (nSPS) is 23.8. The molecule has 3 N–H and O–H groups in total. The summed E-state index contributed by atoms with van der Waals surface area (Å²) in [7, 11) is 2.09. The van der Waals surface area contributed by atoms with E-state index in [4.69, 9.17) is 5.84 Å². The van der Waals surface area contributed by atoms with Crippen molar-refractivity contribution in [2.45, 2.75) is 25.9 Å². The molecular weight excluding hydrogens is 322 g/mol. The number of nitrogens with zero attached hydrogens (tertiary/aromatic N) is 3. The molecule has 2 rings (SSSR count). The topological polar surface area (TPSA) is 74.5 Å². The van der Waals surface area contributed by atoms with E-state index < -0.39 is 0 Å².